The van der Waals surface area contributed by atoms with Crippen LogP contribution in [0.1, 0.15) is 33.6 Å². The lowest BCUT2D eigenvalue weighted by Crippen LogP contribution is -2.63. The number of hydrogen-bond acceptors (Lipinski definition) is 5. The average molecular weight is 497 g/mol. The van der Waals surface area contributed by atoms with Gasteiger partial charge >= 0.3 is 6.09 Å². The zero-order chi connectivity index (χ0) is 19.0. The summed E-state index contributed by atoms with van der Waals surface area (Å²) in [6.45, 7) is 12.8. The van der Waals surface area contributed by atoms with Crippen molar-refractivity contribution in [1.29, 1.82) is 0 Å². The smallest absolute Gasteiger partial charge is 0.410 e. The molecule has 0 aromatic carbocycles. The standard InChI is InChI=1S/C18H35N5O3.HI/c1-18(2,3)26-17(24)23-13-15(14-23)21-16(19-4)20-7-5-6-8-22-9-11-25-12-10-22;/h15H,5-14H2,1-4H3,(H2,19,20,21);1H. The summed E-state index contributed by atoms with van der Waals surface area (Å²) >= 11 is 0. The maximum Gasteiger partial charge on any atom is 0.410 e. The van der Waals surface area contributed by atoms with Gasteiger partial charge in [0.15, 0.2) is 5.96 Å². The number of morpholine rings is 1. The number of nitrogens with one attached hydrogen (secondary N) is 2. The highest BCUT2D eigenvalue weighted by atomic mass is 127. The first kappa shape index (κ1) is 24.2. The number of unbranched alkanes of at least 4 members (excludes halogenated alkanes) is 1. The van der Waals surface area contributed by atoms with E-state index in [4.69, 9.17) is 9.47 Å². The van der Waals surface area contributed by atoms with Crippen LogP contribution in [0.5, 0.6) is 0 Å². The molecule has 0 aromatic rings. The van der Waals surface area contributed by atoms with E-state index in [1.54, 1.807) is 11.9 Å². The quantitative estimate of drug-likeness (QED) is 0.251. The van der Waals surface area contributed by atoms with Crippen LogP contribution in [0.25, 0.3) is 0 Å². The molecule has 0 aromatic heterocycles. The number of amides is 1. The molecule has 9 heteroatoms. The third kappa shape index (κ3) is 9.29. The molecule has 0 saturated carbocycles. The minimum Gasteiger partial charge on any atom is -0.444 e. The third-order valence-corrected chi connectivity index (χ3v) is 4.39. The van der Waals surface area contributed by atoms with Crippen molar-refractivity contribution in [1.82, 2.24) is 20.4 Å². The van der Waals surface area contributed by atoms with Gasteiger partial charge in [0.2, 0.25) is 0 Å². The minimum atomic E-state index is -0.450. The van der Waals surface area contributed by atoms with Gasteiger partial charge in [-0.05, 0) is 40.2 Å². The van der Waals surface area contributed by atoms with Crippen LogP contribution in [0.2, 0.25) is 0 Å². The summed E-state index contributed by atoms with van der Waals surface area (Å²) in [4.78, 5) is 20.4. The first-order valence-corrected chi connectivity index (χ1v) is 9.62. The molecular weight excluding hydrogens is 461 g/mol. The van der Waals surface area contributed by atoms with E-state index in [0.29, 0.717) is 13.1 Å². The number of aliphatic imine (C=N–C) groups is 1. The fourth-order valence-corrected chi connectivity index (χ4v) is 2.93. The molecule has 0 unspecified atom stereocenters. The van der Waals surface area contributed by atoms with E-state index in [1.807, 2.05) is 20.8 Å². The van der Waals surface area contributed by atoms with Crippen molar-refractivity contribution >= 4 is 36.0 Å². The molecule has 0 bridgehead atoms. The Kier molecular flexibility index (Phi) is 10.7. The Hall–Kier alpha value is -0.810. The van der Waals surface area contributed by atoms with Gasteiger partial charge in [-0.3, -0.25) is 9.89 Å². The molecule has 0 radical (unpaired) electrons. The van der Waals surface area contributed by atoms with Gasteiger partial charge in [0, 0.05) is 39.8 Å². The Bertz CT molecular complexity index is 472. The first-order valence-electron chi connectivity index (χ1n) is 9.62. The first-order chi connectivity index (χ1) is 12.4. The van der Waals surface area contributed by atoms with Gasteiger partial charge in [-0.1, -0.05) is 0 Å². The summed E-state index contributed by atoms with van der Waals surface area (Å²) in [6.07, 6.45) is 2.02. The maximum atomic E-state index is 11.9. The van der Waals surface area contributed by atoms with Crippen LogP contribution in [0.15, 0.2) is 4.99 Å². The van der Waals surface area contributed by atoms with Crippen LogP contribution < -0.4 is 10.6 Å². The van der Waals surface area contributed by atoms with Gasteiger partial charge in [0.25, 0.3) is 0 Å². The van der Waals surface area contributed by atoms with Crippen molar-refractivity contribution in [2.45, 2.75) is 45.3 Å². The van der Waals surface area contributed by atoms with Crippen molar-refractivity contribution in [2.24, 2.45) is 4.99 Å². The SMILES string of the molecule is CN=C(NCCCCN1CCOCC1)NC1CN(C(=O)OC(C)(C)C)C1.I. The molecule has 1 amide bonds. The van der Waals surface area contributed by atoms with Gasteiger partial charge in [-0.2, -0.15) is 0 Å². The molecule has 2 N–H and O–H groups in total. The molecule has 2 aliphatic heterocycles. The van der Waals surface area contributed by atoms with Gasteiger partial charge in [-0.25, -0.2) is 4.79 Å². The summed E-state index contributed by atoms with van der Waals surface area (Å²) in [5.74, 6) is 0.796. The van der Waals surface area contributed by atoms with Crippen molar-refractivity contribution < 1.29 is 14.3 Å². The number of carbonyl (C=O) groups excluding carboxylic acids is 1. The highest BCUT2D eigenvalue weighted by Gasteiger charge is 2.34. The topological polar surface area (TPSA) is 78.4 Å². The Morgan fingerprint density at radius 2 is 1.89 bits per heavy atom. The normalized spacial score (nSPS) is 19.1. The molecule has 2 saturated heterocycles. The summed E-state index contributed by atoms with van der Waals surface area (Å²) in [6, 6.07) is 0.224. The average Bonchev–Trinajstić information content (AvgIpc) is 2.54. The number of guanidine groups is 1. The predicted molar refractivity (Wildman–Crippen MR) is 118 cm³/mol. The lowest BCUT2D eigenvalue weighted by molar-refractivity contribution is 0.00700. The van der Waals surface area contributed by atoms with E-state index < -0.39 is 5.60 Å². The van der Waals surface area contributed by atoms with Crippen molar-refractivity contribution in [2.75, 3.05) is 59.5 Å². The minimum absolute atomic E-state index is 0. The number of likely N-dealkylation sites (tertiary alicyclic amines) is 1. The van der Waals surface area contributed by atoms with Gasteiger partial charge in [0.05, 0.1) is 19.3 Å². The maximum absolute atomic E-state index is 11.9. The van der Waals surface area contributed by atoms with E-state index >= 15 is 0 Å². The van der Waals surface area contributed by atoms with Gasteiger partial charge < -0.3 is 25.0 Å². The van der Waals surface area contributed by atoms with Crippen LogP contribution >= 0.6 is 24.0 Å². The molecule has 0 atom stereocenters. The van der Waals surface area contributed by atoms with Crippen LogP contribution in [-0.4, -0.2) is 93.0 Å². The highest BCUT2D eigenvalue weighted by molar-refractivity contribution is 14.0. The fourth-order valence-electron chi connectivity index (χ4n) is 2.93. The highest BCUT2D eigenvalue weighted by Crippen LogP contribution is 2.15. The largest absolute Gasteiger partial charge is 0.444 e. The van der Waals surface area contributed by atoms with Gasteiger partial charge in [-0.15, -0.1) is 24.0 Å². The monoisotopic (exact) mass is 497 g/mol. The van der Waals surface area contributed by atoms with Crippen LogP contribution in [-0.2, 0) is 9.47 Å². The molecule has 2 fully saturated rings. The Morgan fingerprint density at radius 1 is 1.22 bits per heavy atom. The molecular formula is C18H36IN5O3. The summed E-state index contributed by atoms with van der Waals surface area (Å²) < 4.78 is 10.7. The van der Waals surface area contributed by atoms with E-state index in [0.717, 1.165) is 51.8 Å². The third-order valence-electron chi connectivity index (χ3n) is 4.39. The van der Waals surface area contributed by atoms with E-state index in [9.17, 15) is 4.79 Å². The lowest BCUT2D eigenvalue weighted by atomic mass is 10.1. The van der Waals surface area contributed by atoms with E-state index in [2.05, 4.69) is 20.5 Å². The number of ether oxygens (including phenoxy) is 2. The molecule has 8 nitrogen and oxygen atoms in total. The fraction of sp³-hybridized carbons (Fsp3) is 0.889. The summed E-state index contributed by atoms with van der Waals surface area (Å²) in [5.41, 5.74) is -0.450. The zero-order valence-corrected chi connectivity index (χ0v) is 19.5. The molecule has 0 aliphatic carbocycles. The second-order valence-corrected chi connectivity index (χ2v) is 7.89. The number of halogens is 1. The molecule has 2 rings (SSSR count). The summed E-state index contributed by atoms with van der Waals surface area (Å²) in [7, 11) is 1.77. The lowest BCUT2D eigenvalue weighted by Gasteiger charge is -2.40. The number of rotatable bonds is 6. The van der Waals surface area contributed by atoms with Crippen LogP contribution in [0.3, 0.4) is 0 Å². The molecule has 2 aliphatic rings. The van der Waals surface area contributed by atoms with Gasteiger partial charge in [0.1, 0.15) is 5.60 Å². The van der Waals surface area contributed by atoms with Crippen molar-refractivity contribution in [3.05, 3.63) is 0 Å². The Morgan fingerprint density at radius 3 is 2.48 bits per heavy atom. The zero-order valence-electron chi connectivity index (χ0n) is 17.1. The van der Waals surface area contributed by atoms with Crippen molar-refractivity contribution in [3.63, 3.8) is 0 Å². The second-order valence-electron chi connectivity index (χ2n) is 7.89. The Balaban J connectivity index is 0.00000364. The number of hydrogen-bond donors (Lipinski definition) is 2. The predicted octanol–water partition coefficient (Wildman–Crippen LogP) is 1.50. The molecule has 0 spiro atoms. The van der Waals surface area contributed by atoms with E-state index in [-0.39, 0.29) is 36.1 Å². The van der Waals surface area contributed by atoms with Crippen LogP contribution in [0.4, 0.5) is 4.79 Å². The summed E-state index contributed by atoms with van der Waals surface area (Å²) in [5, 5.41) is 6.70. The molecule has 27 heavy (non-hydrogen) atoms. The van der Waals surface area contributed by atoms with E-state index in [1.165, 1.54) is 6.42 Å². The second kappa shape index (κ2) is 11.9. The van der Waals surface area contributed by atoms with Crippen LogP contribution in [0, 0.1) is 0 Å². The Labute approximate surface area is 180 Å². The van der Waals surface area contributed by atoms with Crippen molar-refractivity contribution in [3.8, 4) is 0 Å². The number of nitrogens with zero attached hydrogens (tertiary/aromatic N) is 3. The number of carbonyl (C=O) groups is 1. The molecule has 158 valence electrons. The molecule has 2 heterocycles.